The molecule has 0 aliphatic heterocycles. The molecule has 0 spiro atoms. The van der Waals surface area contributed by atoms with Gasteiger partial charge in [-0.2, -0.15) is 0 Å². The molecular weight excluding hydrogens is 278 g/mol. The lowest BCUT2D eigenvalue weighted by atomic mass is 10.1. The van der Waals surface area contributed by atoms with Gasteiger partial charge >= 0.3 is 0 Å². The molecule has 5 nitrogen and oxygen atoms in total. The van der Waals surface area contributed by atoms with Gasteiger partial charge < -0.3 is 10.3 Å². The average molecular weight is 293 g/mol. The highest BCUT2D eigenvalue weighted by molar-refractivity contribution is 6.02. The van der Waals surface area contributed by atoms with E-state index in [1.165, 1.54) is 0 Å². The van der Waals surface area contributed by atoms with Crippen molar-refractivity contribution in [2.24, 2.45) is 0 Å². The molecule has 1 aromatic heterocycles. The number of H-pyrrole nitrogens is 1. The second-order valence-electron chi connectivity index (χ2n) is 4.90. The van der Waals surface area contributed by atoms with Crippen molar-refractivity contribution in [1.82, 2.24) is 9.97 Å². The molecule has 1 heterocycles. The molecule has 0 atom stereocenters. The lowest BCUT2D eigenvalue weighted by molar-refractivity contribution is 0.101. The number of aryl methyl sites for hydroxylation is 1. The second kappa shape index (κ2) is 5.81. The SMILES string of the molecule is CCc1ccccc1NC(=O)c1nc2ccccc2c(=O)[nH]1. The van der Waals surface area contributed by atoms with Crippen molar-refractivity contribution < 1.29 is 4.79 Å². The van der Waals surface area contributed by atoms with Gasteiger partial charge in [0.1, 0.15) is 0 Å². The molecule has 5 heteroatoms. The first-order chi connectivity index (χ1) is 10.7. The van der Waals surface area contributed by atoms with E-state index in [-0.39, 0.29) is 11.4 Å². The Hall–Kier alpha value is -2.95. The van der Waals surface area contributed by atoms with Crippen LogP contribution in [-0.2, 0) is 6.42 Å². The number of aromatic nitrogens is 2. The summed E-state index contributed by atoms with van der Waals surface area (Å²) in [6.45, 7) is 2.02. The Balaban J connectivity index is 1.97. The van der Waals surface area contributed by atoms with Crippen LogP contribution in [0.15, 0.2) is 53.3 Å². The molecule has 0 radical (unpaired) electrons. The maximum atomic E-state index is 12.3. The summed E-state index contributed by atoms with van der Waals surface area (Å²) in [6.07, 6.45) is 0.804. The number of hydrogen-bond acceptors (Lipinski definition) is 3. The number of para-hydroxylation sites is 2. The fraction of sp³-hybridized carbons (Fsp3) is 0.118. The van der Waals surface area contributed by atoms with Crippen LogP contribution in [0.3, 0.4) is 0 Å². The van der Waals surface area contributed by atoms with Gasteiger partial charge in [0, 0.05) is 5.69 Å². The summed E-state index contributed by atoms with van der Waals surface area (Å²) in [5.41, 5.74) is 1.93. The third-order valence-corrected chi connectivity index (χ3v) is 3.47. The van der Waals surface area contributed by atoms with Crippen LogP contribution < -0.4 is 10.9 Å². The van der Waals surface area contributed by atoms with Crippen molar-refractivity contribution in [3.63, 3.8) is 0 Å². The molecule has 0 saturated heterocycles. The summed E-state index contributed by atoms with van der Waals surface area (Å²) in [5.74, 6) is -0.418. The van der Waals surface area contributed by atoms with Crippen LogP contribution in [0.25, 0.3) is 10.9 Å². The minimum atomic E-state index is -0.427. The van der Waals surface area contributed by atoms with Crippen LogP contribution in [0.1, 0.15) is 23.1 Å². The van der Waals surface area contributed by atoms with Crippen LogP contribution in [-0.4, -0.2) is 15.9 Å². The monoisotopic (exact) mass is 293 g/mol. The van der Waals surface area contributed by atoms with Crippen molar-refractivity contribution in [1.29, 1.82) is 0 Å². The molecule has 2 N–H and O–H groups in total. The average Bonchev–Trinajstić information content (AvgIpc) is 2.55. The van der Waals surface area contributed by atoms with E-state index < -0.39 is 5.91 Å². The minimum Gasteiger partial charge on any atom is -0.319 e. The number of nitrogens with one attached hydrogen (secondary N) is 2. The lowest BCUT2D eigenvalue weighted by Crippen LogP contribution is -2.21. The van der Waals surface area contributed by atoms with Gasteiger partial charge in [-0.3, -0.25) is 9.59 Å². The summed E-state index contributed by atoms with van der Waals surface area (Å²) in [4.78, 5) is 31.1. The van der Waals surface area contributed by atoms with Crippen LogP contribution in [0.5, 0.6) is 0 Å². The zero-order valence-electron chi connectivity index (χ0n) is 12.1. The zero-order valence-corrected chi connectivity index (χ0v) is 12.1. The molecule has 3 aromatic rings. The number of carbonyl (C=O) groups excluding carboxylic acids is 1. The van der Waals surface area contributed by atoms with Crippen molar-refractivity contribution in [3.05, 3.63) is 70.3 Å². The number of aromatic amines is 1. The van der Waals surface area contributed by atoms with Crippen molar-refractivity contribution in [3.8, 4) is 0 Å². The number of benzene rings is 2. The third-order valence-electron chi connectivity index (χ3n) is 3.47. The largest absolute Gasteiger partial charge is 0.319 e. The van der Waals surface area contributed by atoms with Gasteiger partial charge in [0.05, 0.1) is 10.9 Å². The molecule has 0 aliphatic rings. The number of fused-ring (bicyclic) bond motifs is 1. The summed E-state index contributed by atoms with van der Waals surface area (Å²) in [6, 6.07) is 14.5. The molecule has 2 aromatic carbocycles. The highest BCUT2D eigenvalue weighted by Gasteiger charge is 2.12. The van der Waals surface area contributed by atoms with Crippen LogP contribution >= 0.6 is 0 Å². The van der Waals surface area contributed by atoms with E-state index in [1.807, 2.05) is 31.2 Å². The second-order valence-corrected chi connectivity index (χ2v) is 4.90. The van der Waals surface area contributed by atoms with Crippen LogP contribution in [0.4, 0.5) is 5.69 Å². The summed E-state index contributed by atoms with van der Waals surface area (Å²) in [7, 11) is 0. The lowest BCUT2D eigenvalue weighted by Gasteiger charge is -2.09. The minimum absolute atomic E-state index is 0.00889. The third kappa shape index (κ3) is 2.61. The Labute approximate surface area is 127 Å². The van der Waals surface area contributed by atoms with Gasteiger partial charge in [-0.15, -0.1) is 0 Å². The Morgan fingerprint density at radius 1 is 1.14 bits per heavy atom. The van der Waals surface area contributed by atoms with E-state index >= 15 is 0 Å². The van der Waals surface area contributed by atoms with E-state index in [0.29, 0.717) is 10.9 Å². The van der Waals surface area contributed by atoms with Crippen molar-refractivity contribution in [2.45, 2.75) is 13.3 Å². The Bertz CT molecular complexity index is 900. The number of amides is 1. The Morgan fingerprint density at radius 3 is 2.68 bits per heavy atom. The molecule has 110 valence electrons. The summed E-state index contributed by atoms with van der Waals surface area (Å²) in [5, 5.41) is 3.26. The maximum absolute atomic E-state index is 12.3. The normalized spacial score (nSPS) is 10.6. The number of rotatable bonds is 3. The van der Waals surface area contributed by atoms with Crippen molar-refractivity contribution in [2.75, 3.05) is 5.32 Å². The predicted octanol–water partition coefficient (Wildman–Crippen LogP) is 2.74. The van der Waals surface area contributed by atoms with Crippen LogP contribution in [0, 0.1) is 0 Å². The van der Waals surface area contributed by atoms with E-state index in [9.17, 15) is 9.59 Å². The van der Waals surface area contributed by atoms with Gasteiger partial charge in [0.15, 0.2) is 5.82 Å². The highest BCUT2D eigenvalue weighted by atomic mass is 16.2. The van der Waals surface area contributed by atoms with Gasteiger partial charge in [0.2, 0.25) is 0 Å². The van der Waals surface area contributed by atoms with Gasteiger partial charge in [-0.05, 0) is 30.2 Å². The van der Waals surface area contributed by atoms with Gasteiger partial charge in [-0.1, -0.05) is 37.3 Å². The van der Waals surface area contributed by atoms with E-state index in [4.69, 9.17) is 0 Å². The standard InChI is InChI=1S/C17H15N3O2/c1-2-11-7-3-5-9-13(11)19-17(22)15-18-14-10-6-4-8-12(14)16(21)20-15/h3-10H,2H2,1H3,(H,19,22)(H,18,20,21). The number of hydrogen-bond donors (Lipinski definition) is 2. The molecule has 0 aliphatic carbocycles. The fourth-order valence-electron chi connectivity index (χ4n) is 2.33. The quantitative estimate of drug-likeness (QED) is 0.779. The first-order valence-corrected chi connectivity index (χ1v) is 7.07. The Morgan fingerprint density at radius 2 is 1.86 bits per heavy atom. The highest BCUT2D eigenvalue weighted by Crippen LogP contribution is 2.16. The molecule has 0 fully saturated rings. The van der Waals surface area contributed by atoms with Crippen molar-refractivity contribution >= 4 is 22.5 Å². The van der Waals surface area contributed by atoms with Gasteiger partial charge in [-0.25, -0.2) is 4.98 Å². The first kappa shape index (κ1) is 14.0. The smallest absolute Gasteiger partial charge is 0.291 e. The topological polar surface area (TPSA) is 74.8 Å². The molecule has 0 unspecified atom stereocenters. The first-order valence-electron chi connectivity index (χ1n) is 7.07. The molecule has 0 bridgehead atoms. The molecule has 0 saturated carbocycles. The number of carbonyl (C=O) groups is 1. The number of nitrogens with zero attached hydrogens (tertiary/aromatic N) is 1. The molecule has 1 amide bonds. The van der Waals surface area contributed by atoms with E-state index in [0.717, 1.165) is 17.7 Å². The maximum Gasteiger partial charge on any atom is 0.291 e. The number of anilines is 1. The van der Waals surface area contributed by atoms with Gasteiger partial charge in [0.25, 0.3) is 11.5 Å². The molecular formula is C17H15N3O2. The predicted molar refractivity (Wildman–Crippen MR) is 86.1 cm³/mol. The molecule has 22 heavy (non-hydrogen) atoms. The fourth-order valence-corrected chi connectivity index (χ4v) is 2.33. The summed E-state index contributed by atoms with van der Waals surface area (Å²) < 4.78 is 0. The summed E-state index contributed by atoms with van der Waals surface area (Å²) >= 11 is 0. The molecule has 3 rings (SSSR count). The Kier molecular flexibility index (Phi) is 3.70. The van der Waals surface area contributed by atoms with E-state index in [1.54, 1.807) is 24.3 Å². The van der Waals surface area contributed by atoms with E-state index in [2.05, 4.69) is 15.3 Å². The zero-order chi connectivity index (χ0) is 15.5. The van der Waals surface area contributed by atoms with Crippen LogP contribution in [0.2, 0.25) is 0 Å².